The maximum Gasteiger partial charge on any atom is 0.226 e. The molecule has 1 aliphatic heterocycles. The minimum atomic E-state index is -0.199. The van der Waals surface area contributed by atoms with E-state index in [1.54, 1.807) is 6.07 Å². The molecule has 5 heteroatoms. The van der Waals surface area contributed by atoms with Crippen molar-refractivity contribution in [2.75, 3.05) is 13.1 Å². The highest BCUT2D eigenvalue weighted by Crippen LogP contribution is 2.32. The van der Waals surface area contributed by atoms with E-state index in [2.05, 4.69) is 22.7 Å². The van der Waals surface area contributed by atoms with Gasteiger partial charge in [0.05, 0.1) is 12.0 Å². The van der Waals surface area contributed by atoms with Crippen molar-refractivity contribution in [3.8, 4) is 0 Å². The van der Waals surface area contributed by atoms with E-state index in [4.69, 9.17) is 4.52 Å². The maximum absolute atomic E-state index is 12.2. The second kappa shape index (κ2) is 5.31. The SMILES string of the molecule is CCC1(C(=O)NCc2ccon2)CCNCC1. The van der Waals surface area contributed by atoms with Crippen molar-refractivity contribution >= 4 is 5.91 Å². The number of carbonyl (C=O) groups is 1. The van der Waals surface area contributed by atoms with E-state index in [0.717, 1.165) is 38.0 Å². The van der Waals surface area contributed by atoms with Gasteiger partial charge in [-0.3, -0.25) is 4.79 Å². The highest BCUT2D eigenvalue weighted by Gasteiger charge is 2.37. The van der Waals surface area contributed by atoms with Gasteiger partial charge in [0.1, 0.15) is 12.0 Å². The number of nitrogens with zero attached hydrogens (tertiary/aromatic N) is 1. The number of aromatic nitrogens is 1. The molecule has 1 saturated heterocycles. The molecule has 1 aliphatic rings. The molecule has 94 valence electrons. The van der Waals surface area contributed by atoms with Gasteiger partial charge in [-0.1, -0.05) is 12.1 Å². The third-order valence-electron chi connectivity index (χ3n) is 3.64. The van der Waals surface area contributed by atoms with Gasteiger partial charge in [0.15, 0.2) is 0 Å². The van der Waals surface area contributed by atoms with Gasteiger partial charge in [-0.25, -0.2) is 0 Å². The molecule has 1 aromatic rings. The summed E-state index contributed by atoms with van der Waals surface area (Å²) in [5.74, 6) is 0.143. The summed E-state index contributed by atoms with van der Waals surface area (Å²) in [5.41, 5.74) is 0.563. The summed E-state index contributed by atoms with van der Waals surface area (Å²) < 4.78 is 4.73. The van der Waals surface area contributed by atoms with Crippen molar-refractivity contribution in [2.45, 2.75) is 32.7 Å². The van der Waals surface area contributed by atoms with Gasteiger partial charge in [-0.15, -0.1) is 0 Å². The highest BCUT2D eigenvalue weighted by atomic mass is 16.5. The van der Waals surface area contributed by atoms with Crippen LogP contribution in [0.25, 0.3) is 0 Å². The summed E-state index contributed by atoms with van der Waals surface area (Å²) in [7, 11) is 0. The highest BCUT2D eigenvalue weighted by molar-refractivity contribution is 5.82. The number of hydrogen-bond acceptors (Lipinski definition) is 4. The molecular weight excluding hydrogens is 218 g/mol. The monoisotopic (exact) mass is 237 g/mol. The van der Waals surface area contributed by atoms with E-state index in [1.807, 2.05) is 0 Å². The van der Waals surface area contributed by atoms with Gasteiger partial charge >= 0.3 is 0 Å². The lowest BCUT2D eigenvalue weighted by molar-refractivity contribution is -0.133. The first kappa shape index (κ1) is 12.1. The van der Waals surface area contributed by atoms with Crippen LogP contribution in [0.2, 0.25) is 0 Å². The molecule has 2 N–H and O–H groups in total. The molecule has 1 fully saturated rings. The molecule has 0 spiro atoms. The zero-order chi connectivity index (χ0) is 12.1. The molecule has 0 aromatic carbocycles. The van der Waals surface area contributed by atoms with Crippen LogP contribution >= 0.6 is 0 Å². The van der Waals surface area contributed by atoms with Crippen molar-refractivity contribution < 1.29 is 9.32 Å². The van der Waals surface area contributed by atoms with Crippen molar-refractivity contribution in [1.29, 1.82) is 0 Å². The third kappa shape index (κ3) is 2.66. The summed E-state index contributed by atoms with van der Waals surface area (Å²) in [6, 6.07) is 1.77. The number of nitrogens with one attached hydrogen (secondary N) is 2. The Morgan fingerprint density at radius 2 is 2.35 bits per heavy atom. The number of rotatable bonds is 4. The molecule has 1 aromatic heterocycles. The topological polar surface area (TPSA) is 67.2 Å². The molecule has 0 radical (unpaired) electrons. The molecular formula is C12H19N3O2. The molecule has 5 nitrogen and oxygen atoms in total. The zero-order valence-electron chi connectivity index (χ0n) is 10.2. The molecule has 2 rings (SSSR count). The maximum atomic E-state index is 12.2. The minimum absolute atomic E-state index is 0.143. The molecule has 0 saturated carbocycles. The molecule has 0 aliphatic carbocycles. The Bertz CT molecular complexity index is 356. The number of piperidine rings is 1. The van der Waals surface area contributed by atoms with Gasteiger partial charge in [-0.2, -0.15) is 0 Å². The van der Waals surface area contributed by atoms with Gasteiger partial charge in [0.25, 0.3) is 0 Å². The van der Waals surface area contributed by atoms with E-state index in [1.165, 1.54) is 6.26 Å². The van der Waals surface area contributed by atoms with Crippen LogP contribution in [0.15, 0.2) is 16.9 Å². The smallest absolute Gasteiger partial charge is 0.226 e. The van der Waals surface area contributed by atoms with E-state index >= 15 is 0 Å². The van der Waals surface area contributed by atoms with Crippen molar-refractivity contribution in [2.24, 2.45) is 5.41 Å². The summed E-state index contributed by atoms with van der Waals surface area (Å²) >= 11 is 0. The summed E-state index contributed by atoms with van der Waals surface area (Å²) in [5, 5.41) is 10.0. The molecule has 1 amide bonds. The van der Waals surface area contributed by atoms with Crippen LogP contribution in [0.4, 0.5) is 0 Å². The van der Waals surface area contributed by atoms with Crippen LogP contribution in [-0.4, -0.2) is 24.2 Å². The Hall–Kier alpha value is -1.36. The van der Waals surface area contributed by atoms with Gasteiger partial charge in [0.2, 0.25) is 5.91 Å². The Morgan fingerprint density at radius 1 is 1.59 bits per heavy atom. The molecule has 0 unspecified atom stereocenters. The average Bonchev–Trinajstić information content (AvgIpc) is 2.90. The predicted octanol–water partition coefficient (Wildman–Crippen LogP) is 1.07. The summed E-state index contributed by atoms with van der Waals surface area (Å²) in [6.07, 6.45) is 4.23. The van der Waals surface area contributed by atoms with Crippen LogP contribution in [0.3, 0.4) is 0 Å². The molecule has 0 atom stereocenters. The lowest BCUT2D eigenvalue weighted by Gasteiger charge is -2.35. The zero-order valence-corrected chi connectivity index (χ0v) is 10.2. The van der Waals surface area contributed by atoms with Crippen LogP contribution in [0.1, 0.15) is 31.9 Å². The van der Waals surface area contributed by atoms with Crippen molar-refractivity contribution in [3.63, 3.8) is 0 Å². The van der Waals surface area contributed by atoms with E-state index < -0.39 is 0 Å². The number of amides is 1. The fraction of sp³-hybridized carbons (Fsp3) is 0.667. The van der Waals surface area contributed by atoms with Gasteiger partial charge in [-0.05, 0) is 32.4 Å². The lowest BCUT2D eigenvalue weighted by atomic mass is 9.76. The van der Waals surface area contributed by atoms with Crippen molar-refractivity contribution in [1.82, 2.24) is 15.8 Å². The standard InChI is InChI=1S/C12H19N3O2/c1-2-12(4-6-13-7-5-12)11(16)14-9-10-3-8-17-15-10/h3,8,13H,2,4-7,9H2,1H3,(H,14,16). The van der Waals surface area contributed by atoms with E-state index in [0.29, 0.717) is 6.54 Å². The fourth-order valence-corrected chi connectivity index (χ4v) is 2.33. The molecule has 2 heterocycles. The Kier molecular flexibility index (Phi) is 3.78. The van der Waals surface area contributed by atoms with E-state index in [9.17, 15) is 4.79 Å². The first-order valence-corrected chi connectivity index (χ1v) is 6.15. The van der Waals surface area contributed by atoms with Crippen LogP contribution in [0.5, 0.6) is 0 Å². The fourth-order valence-electron chi connectivity index (χ4n) is 2.33. The largest absolute Gasteiger partial charge is 0.364 e. The Balaban J connectivity index is 1.93. The molecule has 0 bridgehead atoms. The van der Waals surface area contributed by atoms with Gasteiger partial charge in [0, 0.05) is 6.07 Å². The molecule has 17 heavy (non-hydrogen) atoms. The summed E-state index contributed by atoms with van der Waals surface area (Å²) in [4.78, 5) is 12.2. The van der Waals surface area contributed by atoms with Crippen LogP contribution in [-0.2, 0) is 11.3 Å². The van der Waals surface area contributed by atoms with E-state index in [-0.39, 0.29) is 11.3 Å². The van der Waals surface area contributed by atoms with Crippen LogP contribution < -0.4 is 10.6 Å². The Labute approximate surface area is 101 Å². The number of hydrogen-bond donors (Lipinski definition) is 2. The summed E-state index contributed by atoms with van der Waals surface area (Å²) in [6.45, 7) is 4.38. The lowest BCUT2D eigenvalue weighted by Crippen LogP contribution is -2.47. The van der Waals surface area contributed by atoms with Crippen LogP contribution in [0, 0.1) is 5.41 Å². The normalized spacial score (nSPS) is 18.9. The predicted molar refractivity (Wildman–Crippen MR) is 63.2 cm³/mol. The quantitative estimate of drug-likeness (QED) is 0.822. The Morgan fingerprint density at radius 3 is 2.94 bits per heavy atom. The second-order valence-corrected chi connectivity index (χ2v) is 4.56. The number of carbonyl (C=O) groups excluding carboxylic acids is 1. The van der Waals surface area contributed by atoms with Gasteiger partial charge < -0.3 is 15.2 Å². The first-order chi connectivity index (χ1) is 8.27. The average molecular weight is 237 g/mol. The minimum Gasteiger partial charge on any atom is -0.364 e. The third-order valence-corrected chi connectivity index (χ3v) is 3.64. The van der Waals surface area contributed by atoms with Crippen molar-refractivity contribution in [3.05, 3.63) is 18.0 Å². The second-order valence-electron chi connectivity index (χ2n) is 4.56. The first-order valence-electron chi connectivity index (χ1n) is 6.15.